The van der Waals surface area contributed by atoms with Crippen molar-refractivity contribution in [2.24, 2.45) is 0 Å². The Labute approximate surface area is 138 Å². The summed E-state index contributed by atoms with van der Waals surface area (Å²) in [6, 6.07) is 0.908. The molecular formula is C9H14N2O12P2. The first-order valence-electron chi connectivity index (χ1n) is 6.47. The summed E-state index contributed by atoms with van der Waals surface area (Å²) in [6.07, 6.45) is -5.65. The number of hydrogen-bond donors (Lipinski definition) is 6. The highest BCUT2D eigenvalue weighted by atomic mass is 31.3. The smallest absolute Gasteiger partial charge is 0.394 e. The number of rotatable bonds is 6. The van der Waals surface area contributed by atoms with Crippen molar-refractivity contribution in [2.45, 2.75) is 24.5 Å². The van der Waals surface area contributed by atoms with Gasteiger partial charge in [-0.05, 0) is 0 Å². The van der Waals surface area contributed by atoms with Gasteiger partial charge in [0, 0.05) is 12.3 Å². The zero-order valence-electron chi connectivity index (χ0n) is 12.1. The molecule has 1 unspecified atom stereocenters. The van der Waals surface area contributed by atoms with E-state index in [0.717, 1.165) is 12.3 Å². The van der Waals surface area contributed by atoms with Gasteiger partial charge in [0.15, 0.2) is 6.23 Å². The summed E-state index contributed by atoms with van der Waals surface area (Å²) in [5.41, 5.74) is -1.78. The fourth-order valence-electron chi connectivity index (χ4n) is 2.14. The topological polar surface area (TPSA) is 218 Å². The number of phosphoric ester groups is 1. The summed E-state index contributed by atoms with van der Waals surface area (Å²) in [5, 5.41) is 19.2. The minimum absolute atomic E-state index is 0.683. The number of nitrogens with zero attached hydrogens (tertiary/aromatic N) is 1. The van der Waals surface area contributed by atoms with E-state index in [2.05, 4.69) is 8.83 Å². The van der Waals surface area contributed by atoms with Crippen LogP contribution >= 0.6 is 15.6 Å². The van der Waals surface area contributed by atoms with Crippen LogP contribution < -0.4 is 11.2 Å². The molecule has 5 atom stereocenters. The number of nitrogens with one attached hydrogen (secondary N) is 1. The van der Waals surface area contributed by atoms with E-state index < -0.39 is 58.0 Å². The van der Waals surface area contributed by atoms with E-state index in [1.165, 1.54) is 0 Å². The number of ether oxygens (including phenoxy) is 1. The lowest BCUT2D eigenvalue weighted by Crippen LogP contribution is -2.38. The molecule has 2 rings (SSSR count). The van der Waals surface area contributed by atoms with Crippen molar-refractivity contribution in [2.75, 3.05) is 6.61 Å². The quantitative estimate of drug-likeness (QED) is 0.269. The molecule has 0 saturated carbocycles. The molecule has 1 aromatic heterocycles. The highest BCUT2D eigenvalue weighted by molar-refractivity contribution is 7.60. The number of aromatic nitrogens is 2. The number of aromatic amines is 1. The summed E-state index contributed by atoms with van der Waals surface area (Å²) in [7, 11) is -10.8. The molecule has 16 heteroatoms. The molecule has 0 aromatic carbocycles. The lowest BCUT2D eigenvalue weighted by Gasteiger charge is -2.23. The van der Waals surface area contributed by atoms with Crippen LogP contribution in [-0.4, -0.2) is 59.4 Å². The van der Waals surface area contributed by atoms with Gasteiger partial charge in [0.05, 0.1) is 6.61 Å². The molecule has 1 fully saturated rings. The molecule has 0 aliphatic carbocycles. The second kappa shape index (κ2) is 7.21. The number of aliphatic hydroxyl groups excluding tert-OH is 2. The zero-order valence-corrected chi connectivity index (χ0v) is 13.9. The van der Waals surface area contributed by atoms with Crippen molar-refractivity contribution in [1.29, 1.82) is 0 Å². The SMILES string of the molecule is O=c1ccn([C@@H]2O[C@H](CO)[C@@H](O)[C@H]2OP(=O)(O)OP(=O)(O)O)c(=O)[nH]1. The lowest BCUT2D eigenvalue weighted by molar-refractivity contribution is -0.0543. The molecule has 2 heterocycles. The summed E-state index contributed by atoms with van der Waals surface area (Å²) >= 11 is 0. The van der Waals surface area contributed by atoms with Crippen molar-refractivity contribution in [3.05, 3.63) is 33.1 Å². The van der Waals surface area contributed by atoms with Gasteiger partial charge in [-0.2, -0.15) is 4.31 Å². The Morgan fingerprint density at radius 2 is 1.92 bits per heavy atom. The zero-order chi connectivity index (χ0) is 19.0. The molecular weight excluding hydrogens is 390 g/mol. The summed E-state index contributed by atoms with van der Waals surface area (Å²) < 4.78 is 36.4. The second-order valence-electron chi connectivity index (χ2n) is 4.87. The van der Waals surface area contributed by atoms with E-state index in [1.807, 2.05) is 4.98 Å². The van der Waals surface area contributed by atoms with Gasteiger partial charge in [0.25, 0.3) is 5.56 Å². The van der Waals surface area contributed by atoms with Gasteiger partial charge in [0.1, 0.15) is 18.3 Å². The van der Waals surface area contributed by atoms with Crippen molar-refractivity contribution in [1.82, 2.24) is 9.55 Å². The van der Waals surface area contributed by atoms with Crippen LogP contribution in [0.5, 0.6) is 0 Å². The molecule has 1 aromatic rings. The first-order chi connectivity index (χ1) is 11.4. The Hall–Kier alpha value is -1.18. The van der Waals surface area contributed by atoms with Crippen LogP contribution in [0.1, 0.15) is 6.23 Å². The fourth-order valence-corrected chi connectivity index (χ4v) is 3.91. The third-order valence-electron chi connectivity index (χ3n) is 3.08. The molecule has 0 amide bonds. The van der Waals surface area contributed by atoms with Gasteiger partial charge >= 0.3 is 21.3 Å². The fraction of sp³-hybridized carbons (Fsp3) is 0.556. The van der Waals surface area contributed by atoms with Gasteiger partial charge < -0.3 is 29.6 Å². The predicted molar refractivity (Wildman–Crippen MR) is 76.2 cm³/mol. The molecule has 1 aliphatic heterocycles. The third kappa shape index (κ3) is 4.92. The minimum Gasteiger partial charge on any atom is -0.394 e. The monoisotopic (exact) mass is 404 g/mol. The molecule has 14 nitrogen and oxygen atoms in total. The Kier molecular flexibility index (Phi) is 5.81. The Balaban J connectivity index is 2.37. The minimum atomic E-state index is -5.42. The maximum Gasteiger partial charge on any atom is 0.481 e. The number of phosphoric acid groups is 2. The molecule has 0 bridgehead atoms. The highest BCUT2D eigenvalue weighted by Crippen LogP contribution is 2.59. The van der Waals surface area contributed by atoms with Crippen LogP contribution in [0.3, 0.4) is 0 Å². The Bertz CT molecular complexity index is 828. The van der Waals surface area contributed by atoms with Gasteiger partial charge in [-0.15, -0.1) is 0 Å². The Morgan fingerprint density at radius 1 is 1.28 bits per heavy atom. The molecule has 25 heavy (non-hydrogen) atoms. The molecule has 0 radical (unpaired) electrons. The first-order valence-corrected chi connectivity index (χ1v) is 9.50. The summed E-state index contributed by atoms with van der Waals surface area (Å²) in [6.45, 7) is -0.773. The third-order valence-corrected chi connectivity index (χ3v) is 5.27. The number of hydrogen-bond acceptors (Lipinski definition) is 9. The van der Waals surface area contributed by atoms with Crippen molar-refractivity contribution in [3.8, 4) is 0 Å². The van der Waals surface area contributed by atoms with E-state index in [1.54, 1.807) is 0 Å². The van der Waals surface area contributed by atoms with Crippen LogP contribution in [0.15, 0.2) is 21.9 Å². The van der Waals surface area contributed by atoms with Crippen LogP contribution in [0.2, 0.25) is 0 Å². The van der Waals surface area contributed by atoms with Crippen LogP contribution in [0.25, 0.3) is 0 Å². The van der Waals surface area contributed by atoms with Gasteiger partial charge in [0.2, 0.25) is 0 Å². The average molecular weight is 404 g/mol. The molecule has 1 saturated heterocycles. The molecule has 1 aliphatic rings. The highest BCUT2D eigenvalue weighted by Gasteiger charge is 2.50. The first kappa shape index (κ1) is 20.1. The summed E-state index contributed by atoms with van der Waals surface area (Å²) in [5.74, 6) is 0. The van der Waals surface area contributed by atoms with Gasteiger partial charge in [-0.1, -0.05) is 0 Å². The maximum absolute atomic E-state index is 11.8. The van der Waals surface area contributed by atoms with Crippen molar-refractivity contribution >= 4 is 15.6 Å². The van der Waals surface area contributed by atoms with Crippen LogP contribution in [0, 0.1) is 0 Å². The van der Waals surface area contributed by atoms with E-state index in [4.69, 9.17) is 19.6 Å². The summed E-state index contributed by atoms with van der Waals surface area (Å²) in [4.78, 5) is 51.4. The van der Waals surface area contributed by atoms with Gasteiger partial charge in [-0.3, -0.25) is 18.9 Å². The average Bonchev–Trinajstić information content (AvgIpc) is 2.73. The largest absolute Gasteiger partial charge is 0.481 e. The molecule has 6 N–H and O–H groups in total. The lowest BCUT2D eigenvalue weighted by atomic mass is 10.1. The number of H-pyrrole nitrogens is 1. The van der Waals surface area contributed by atoms with Crippen LogP contribution in [0.4, 0.5) is 0 Å². The van der Waals surface area contributed by atoms with E-state index >= 15 is 0 Å². The predicted octanol–water partition coefficient (Wildman–Crippen LogP) is -2.62. The van der Waals surface area contributed by atoms with E-state index in [0.29, 0.717) is 4.57 Å². The normalized spacial score (nSPS) is 29.5. The standard InChI is InChI=1S/C9H14N2O12P2/c12-3-4-6(14)7(22-25(19,20)23-24(16,17)18)8(21-4)11-2-1-5(13)10-9(11)15/h1-2,4,6-8,12,14H,3H2,(H,19,20)(H,10,13,15)(H2,16,17,18)/t4-,6-,7-,8-/m1/s1. The second-order valence-corrected chi connectivity index (χ2v) is 7.65. The van der Waals surface area contributed by atoms with E-state index in [-0.39, 0.29) is 0 Å². The van der Waals surface area contributed by atoms with Crippen molar-refractivity contribution in [3.63, 3.8) is 0 Å². The Morgan fingerprint density at radius 3 is 2.44 bits per heavy atom. The van der Waals surface area contributed by atoms with Crippen LogP contribution in [-0.2, 0) is 22.7 Å². The van der Waals surface area contributed by atoms with Crippen molar-refractivity contribution < 1.29 is 47.6 Å². The maximum atomic E-state index is 11.8. The molecule has 0 spiro atoms. The number of aliphatic hydroxyl groups is 2. The van der Waals surface area contributed by atoms with E-state index in [9.17, 15) is 28.7 Å². The molecule has 142 valence electrons. The van der Waals surface area contributed by atoms with Gasteiger partial charge in [-0.25, -0.2) is 13.9 Å².